The van der Waals surface area contributed by atoms with Crippen molar-refractivity contribution in [1.29, 1.82) is 0 Å². The molecule has 104 valence electrons. The van der Waals surface area contributed by atoms with E-state index in [4.69, 9.17) is 10.5 Å². The molecule has 19 heavy (non-hydrogen) atoms. The first-order valence-corrected chi connectivity index (χ1v) is 6.05. The van der Waals surface area contributed by atoms with Gasteiger partial charge in [-0.25, -0.2) is 8.78 Å². The highest BCUT2D eigenvalue weighted by molar-refractivity contribution is 5.95. The molecule has 0 unspecified atom stereocenters. The summed E-state index contributed by atoms with van der Waals surface area (Å²) in [5.41, 5.74) is 4.46. The Hall–Kier alpha value is -1.69. The molecule has 1 aliphatic carbocycles. The fourth-order valence-electron chi connectivity index (χ4n) is 2.10. The standard InChI is InChI=1S/C13H16F2N2O2/c1-19-13(3-2-4-13)7-17-12(18)8-5-11(16)10(15)6-9(8)14/h5-6H,2-4,7,16H2,1H3,(H,17,18). The minimum Gasteiger partial charge on any atom is -0.396 e. The molecule has 0 radical (unpaired) electrons. The molecule has 0 bridgehead atoms. The third kappa shape index (κ3) is 2.68. The molecular formula is C13H16F2N2O2. The first kappa shape index (κ1) is 13.7. The highest BCUT2D eigenvalue weighted by atomic mass is 19.1. The maximum atomic E-state index is 13.5. The molecule has 0 saturated heterocycles. The van der Waals surface area contributed by atoms with Crippen molar-refractivity contribution in [2.75, 3.05) is 19.4 Å². The first-order chi connectivity index (χ1) is 8.97. The lowest BCUT2D eigenvalue weighted by molar-refractivity contribution is -0.0679. The van der Waals surface area contributed by atoms with E-state index in [0.29, 0.717) is 12.6 Å². The monoisotopic (exact) mass is 270 g/mol. The number of amides is 1. The molecule has 1 saturated carbocycles. The summed E-state index contributed by atoms with van der Waals surface area (Å²) in [6, 6.07) is 1.61. The van der Waals surface area contributed by atoms with Gasteiger partial charge >= 0.3 is 0 Å². The van der Waals surface area contributed by atoms with Gasteiger partial charge in [-0.05, 0) is 25.3 Å². The SMILES string of the molecule is COC1(CNC(=O)c2cc(N)c(F)cc2F)CCC1. The molecule has 2 rings (SSSR count). The van der Waals surface area contributed by atoms with Crippen LogP contribution in [0.15, 0.2) is 12.1 Å². The topological polar surface area (TPSA) is 64.3 Å². The largest absolute Gasteiger partial charge is 0.396 e. The van der Waals surface area contributed by atoms with E-state index in [-0.39, 0.29) is 16.9 Å². The number of nitrogen functional groups attached to an aromatic ring is 1. The Labute approximate surface area is 109 Å². The highest BCUT2D eigenvalue weighted by Crippen LogP contribution is 2.34. The Kier molecular flexibility index (Phi) is 3.71. The van der Waals surface area contributed by atoms with E-state index in [1.54, 1.807) is 7.11 Å². The van der Waals surface area contributed by atoms with E-state index in [9.17, 15) is 13.6 Å². The van der Waals surface area contributed by atoms with Gasteiger partial charge in [-0.3, -0.25) is 4.79 Å². The summed E-state index contributed by atoms with van der Waals surface area (Å²) >= 11 is 0. The molecule has 3 N–H and O–H groups in total. The average molecular weight is 270 g/mol. The summed E-state index contributed by atoms with van der Waals surface area (Å²) in [5, 5.41) is 2.60. The molecule has 1 aliphatic rings. The summed E-state index contributed by atoms with van der Waals surface area (Å²) in [7, 11) is 1.59. The second-order valence-electron chi connectivity index (χ2n) is 4.78. The van der Waals surface area contributed by atoms with Gasteiger partial charge in [-0.2, -0.15) is 0 Å². The van der Waals surface area contributed by atoms with Crippen molar-refractivity contribution < 1.29 is 18.3 Å². The number of ether oxygens (including phenoxy) is 1. The number of methoxy groups -OCH3 is 1. The van der Waals surface area contributed by atoms with Crippen LogP contribution in [0.2, 0.25) is 0 Å². The van der Waals surface area contributed by atoms with Crippen molar-refractivity contribution >= 4 is 11.6 Å². The van der Waals surface area contributed by atoms with Crippen molar-refractivity contribution in [3.05, 3.63) is 29.3 Å². The van der Waals surface area contributed by atoms with Crippen LogP contribution in [-0.2, 0) is 4.74 Å². The number of hydrogen-bond acceptors (Lipinski definition) is 3. The second kappa shape index (κ2) is 5.13. The van der Waals surface area contributed by atoms with Crippen LogP contribution in [-0.4, -0.2) is 25.2 Å². The number of rotatable bonds is 4. The summed E-state index contributed by atoms with van der Waals surface area (Å²) in [6.45, 7) is 0.305. The van der Waals surface area contributed by atoms with Gasteiger partial charge in [-0.1, -0.05) is 0 Å². The number of carbonyl (C=O) groups excluding carboxylic acids is 1. The molecule has 0 spiro atoms. The van der Waals surface area contributed by atoms with Crippen LogP contribution < -0.4 is 11.1 Å². The molecular weight excluding hydrogens is 254 g/mol. The molecule has 0 atom stereocenters. The molecule has 1 amide bonds. The van der Waals surface area contributed by atoms with E-state index >= 15 is 0 Å². The van der Waals surface area contributed by atoms with Crippen LogP contribution >= 0.6 is 0 Å². The average Bonchev–Trinajstić information content (AvgIpc) is 2.32. The summed E-state index contributed by atoms with van der Waals surface area (Å²) in [4.78, 5) is 11.8. The zero-order valence-electron chi connectivity index (χ0n) is 10.6. The quantitative estimate of drug-likeness (QED) is 0.821. The van der Waals surface area contributed by atoms with Crippen molar-refractivity contribution in [3.8, 4) is 0 Å². The number of anilines is 1. The zero-order chi connectivity index (χ0) is 14.0. The molecule has 0 aliphatic heterocycles. The van der Waals surface area contributed by atoms with Crippen LogP contribution in [0.1, 0.15) is 29.6 Å². The van der Waals surface area contributed by atoms with Crippen molar-refractivity contribution in [3.63, 3.8) is 0 Å². The Balaban J connectivity index is 2.06. The molecule has 1 fully saturated rings. The molecule has 0 heterocycles. The van der Waals surface area contributed by atoms with Crippen LogP contribution in [0.4, 0.5) is 14.5 Å². The lowest BCUT2D eigenvalue weighted by Crippen LogP contribution is -2.49. The van der Waals surface area contributed by atoms with Gasteiger partial charge in [0.1, 0.15) is 11.6 Å². The molecule has 1 aromatic rings. The van der Waals surface area contributed by atoms with E-state index < -0.39 is 17.5 Å². The van der Waals surface area contributed by atoms with Gasteiger partial charge < -0.3 is 15.8 Å². The fraction of sp³-hybridized carbons (Fsp3) is 0.462. The van der Waals surface area contributed by atoms with Crippen LogP contribution in [0, 0.1) is 11.6 Å². The number of nitrogens with two attached hydrogens (primary N) is 1. The molecule has 6 heteroatoms. The van der Waals surface area contributed by atoms with Crippen molar-refractivity contribution in [1.82, 2.24) is 5.32 Å². The lowest BCUT2D eigenvalue weighted by atomic mass is 9.80. The number of hydrogen-bond donors (Lipinski definition) is 2. The number of nitrogens with one attached hydrogen (secondary N) is 1. The molecule has 1 aromatic carbocycles. The molecule has 0 aromatic heterocycles. The Morgan fingerprint density at radius 2 is 2.11 bits per heavy atom. The Bertz CT molecular complexity index is 496. The minimum atomic E-state index is -0.927. The Morgan fingerprint density at radius 1 is 1.42 bits per heavy atom. The van der Waals surface area contributed by atoms with E-state index in [0.717, 1.165) is 25.3 Å². The van der Waals surface area contributed by atoms with Crippen LogP contribution in [0.3, 0.4) is 0 Å². The van der Waals surface area contributed by atoms with Crippen molar-refractivity contribution in [2.45, 2.75) is 24.9 Å². The smallest absolute Gasteiger partial charge is 0.254 e. The van der Waals surface area contributed by atoms with E-state index in [1.807, 2.05) is 0 Å². The van der Waals surface area contributed by atoms with Gasteiger partial charge in [0.15, 0.2) is 0 Å². The highest BCUT2D eigenvalue weighted by Gasteiger charge is 2.37. The third-order valence-corrected chi connectivity index (χ3v) is 3.60. The van der Waals surface area contributed by atoms with Gasteiger partial charge in [0.25, 0.3) is 5.91 Å². The van der Waals surface area contributed by atoms with E-state index in [1.165, 1.54) is 0 Å². The zero-order valence-corrected chi connectivity index (χ0v) is 10.6. The van der Waals surface area contributed by atoms with Crippen LogP contribution in [0.25, 0.3) is 0 Å². The number of halogens is 2. The minimum absolute atomic E-state index is 0.253. The second-order valence-corrected chi connectivity index (χ2v) is 4.78. The summed E-state index contributed by atoms with van der Waals surface area (Å²) < 4.78 is 31.8. The van der Waals surface area contributed by atoms with Crippen molar-refractivity contribution in [2.24, 2.45) is 0 Å². The van der Waals surface area contributed by atoms with Gasteiger partial charge in [0.05, 0.1) is 16.9 Å². The first-order valence-electron chi connectivity index (χ1n) is 6.05. The normalized spacial score (nSPS) is 16.8. The number of carbonyl (C=O) groups is 1. The third-order valence-electron chi connectivity index (χ3n) is 3.60. The Morgan fingerprint density at radius 3 is 2.63 bits per heavy atom. The van der Waals surface area contributed by atoms with Gasteiger partial charge in [0, 0.05) is 19.7 Å². The lowest BCUT2D eigenvalue weighted by Gasteiger charge is -2.40. The summed E-state index contributed by atoms with van der Waals surface area (Å²) in [5.74, 6) is -2.42. The maximum Gasteiger partial charge on any atom is 0.254 e. The maximum absolute atomic E-state index is 13.5. The number of benzene rings is 1. The van der Waals surface area contributed by atoms with Gasteiger partial charge in [-0.15, -0.1) is 0 Å². The fourth-order valence-corrected chi connectivity index (χ4v) is 2.10. The van der Waals surface area contributed by atoms with Crippen LogP contribution in [0.5, 0.6) is 0 Å². The summed E-state index contributed by atoms with van der Waals surface area (Å²) in [6.07, 6.45) is 2.76. The predicted octanol–water partition coefficient (Wildman–Crippen LogP) is 1.85. The van der Waals surface area contributed by atoms with E-state index in [2.05, 4.69) is 5.32 Å². The molecule has 4 nitrogen and oxygen atoms in total. The predicted molar refractivity (Wildman–Crippen MR) is 66.7 cm³/mol. The van der Waals surface area contributed by atoms with Gasteiger partial charge in [0.2, 0.25) is 0 Å².